The van der Waals surface area contributed by atoms with Crippen molar-refractivity contribution in [3.05, 3.63) is 171 Å². The van der Waals surface area contributed by atoms with Crippen LogP contribution in [0.1, 0.15) is 61.9 Å². The topological polar surface area (TPSA) is 233 Å². The number of para-hydroxylation sites is 2. The second kappa shape index (κ2) is 23.1. The van der Waals surface area contributed by atoms with Gasteiger partial charge in [0.1, 0.15) is 17.0 Å². The molecule has 0 fully saturated rings. The van der Waals surface area contributed by atoms with Crippen molar-refractivity contribution < 1.29 is 43.3 Å². The van der Waals surface area contributed by atoms with E-state index in [-0.39, 0.29) is 68.5 Å². The van der Waals surface area contributed by atoms with E-state index in [2.05, 4.69) is 33.5 Å². The van der Waals surface area contributed by atoms with Crippen molar-refractivity contribution >= 4 is 85.8 Å². The highest BCUT2D eigenvalue weighted by atomic mass is 35.5. The molecule has 16 heteroatoms. The standard InChI is InChI=1S/C44H32ClN5O8.2C3H6.C2H4O2/c1-21-9-10-22-5-3-7-33(37(22)49-21)48-20-30-39(51)31(45)18-28-36(27-17-24(42(52)53)11-13-25(27)43(54)55)26-14-15-32(46)29(40(26)58-41(28)30)19-47-34-8-4-6-23-12-16-35(44(56)57-2)50-38(23)34;2*1-3-2;1-4-2-3/h3-18,47-48H,19-20,46H2,1-2H3,(H,52,53)(H,54,55);2*3H,1H2,2H3;2H,1H3. The molecule has 6 aromatic rings. The smallest absolute Gasteiger partial charge is 0.356 e. The molecule has 1 aliphatic carbocycles. The first-order chi connectivity index (χ1) is 32.7. The molecule has 1 aliphatic heterocycles. The fourth-order valence-electron chi connectivity index (χ4n) is 7.14. The lowest BCUT2D eigenvalue weighted by Crippen LogP contribution is -2.17. The summed E-state index contributed by atoms with van der Waals surface area (Å²) in [5, 5.41) is 28.9. The molecule has 0 radical (unpaired) electrons. The number of methoxy groups -OCH3 is 2. The molecular weight excluding hydrogens is 890 g/mol. The molecule has 2 aliphatic rings. The number of aromatic carboxylic acids is 2. The zero-order valence-electron chi connectivity index (χ0n) is 37.8. The summed E-state index contributed by atoms with van der Waals surface area (Å²) < 4.78 is 15.5. The highest BCUT2D eigenvalue weighted by Gasteiger charge is 2.28. The number of carbonyl (C=O) groups is 4. The number of carboxylic acids is 2. The van der Waals surface area contributed by atoms with Gasteiger partial charge in [0.2, 0.25) is 5.43 Å². The molecule has 6 N–H and O–H groups in total. The minimum Gasteiger partial charge on any atom is -0.478 e. The summed E-state index contributed by atoms with van der Waals surface area (Å²) in [5.41, 5.74) is 10.7. The molecule has 0 amide bonds. The number of esters is 1. The Balaban J connectivity index is 0.000000793. The van der Waals surface area contributed by atoms with Crippen molar-refractivity contribution in [3.63, 3.8) is 0 Å². The van der Waals surface area contributed by atoms with Gasteiger partial charge in [-0.25, -0.2) is 19.4 Å². The normalized spacial score (nSPS) is 10.3. The van der Waals surface area contributed by atoms with E-state index in [0.29, 0.717) is 45.5 Å². The van der Waals surface area contributed by atoms with Gasteiger partial charge in [-0.3, -0.25) is 14.6 Å². The Hall–Kier alpha value is -8.56. The van der Waals surface area contributed by atoms with E-state index in [1.165, 1.54) is 38.5 Å². The van der Waals surface area contributed by atoms with Gasteiger partial charge in [0.05, 0.1) is 58.3 Å². The minimum absolute atomic E-state index is 0.0360. The largest absolute Gasteiger partial charge is 0.478 e. The second-order valence-electron chi connectivity index (χ2n) is 14.7. The molecule has 0 saturated carbocycles. The minimum atomic E-state index is -1.31. The molecule has 348 valence electrons. The number of hydrogen-bond acceptors (Lipinski definition) is 13. The van der Waals surface area contributed by atoms with Crippen LogP contribution in [0, 0.1) is 6.92 Å². The number of nitrogen functional groups attached to an aromatic ring is 1. The lowest BCUT2D eigenvalue weighted by Gasteiger charge is -2.22. The zero-order valence-corrected chi connectivity index (χ0v) is 38.6. The Labute approximate surface area is 395 Å². The Morgan fingerprint density at radius 1 is 0.794 bits per heavy atom. The quantitative estimate of drug-likeness (QED) is 0.0267. The first kappa shape index (κ1) is 50.4. The van der Waals surface area contributed by atoms with E-state index in [1.54, 1.807) is 42.5 Å². The van der Waals surface area contributed by atoms with Gasteiger partial charge >= 0.3 is 17.9 Å². The number of aromatic nitrogens is 2. The molecule has 8 rings (SSSR count). The molecule has 4 aromatic carbocycles. The summed E-state index contributed by atoms with van der Waals surface area (Å²) >= 11 is 6.68. The Morgan fingerprint density at radius 3 is 1.96 bits per heavy atom. The fourth-order valence-corrected chi connectivity index (χ4v) is 7.36. The number of anilines is 3. The van der Waals surface area contributed by atoms with Crippen LogP contribution in [0.4, 0.5) is 17.1 Å². The Morgan fingerprint density at radius 2 is 1.38 bits per heavy atom. The number of halogens is 1. The summed E-state index contributed by atoms with van der Waals surface area (Å²) in [6.45, 7) is 12.7. The van der Waals surface area contributed by atoms with Crippen LogP contribution < -0.4 is 21.8 Å². The molecule has 3 heterocycles. The van der Waals surface area contributed by atoms with Gasteiger partial charge in [-0.2, -0.15) is 0 Å². The zero-order chi connectivity index (χ0) is 49.7. The molecule has 0 unspecified atom stereocenters. The average molecular weight is 938 g/mol. The van der Waals surface area contributed by atoms with E-state index in [9.17, 15) is 29.4 Å². The first-order valence-corrected chi connectivity index (χ1v) is 21.1. The van der Waals surface area contributed by atoms with Gasteiger partial charge in [-0.15, -0.1) is 13.2 Å². The van der Waals surface area contributed by atoms with Crippen LogP contribution in [0.3, 0.4) is 0 Å². The number of allylic oxidation sites excluding steroid dienone is 2. The summed E-state index contributed by atoms with van der Waals surface area (Å²) in [7, 11) is 2.58. The number of ether oxygens (including phenoxy) is 2. The molecule has 0 atom stereocenters. The fraction of sp³-hybridized carbons (Fsp3) is 0.135. The second-order valence-corrected chi connectivity index (χ2v) is 15.1. The predicted octanol–water partition coefficient (Wildman–Crippen LogP) is 10.8. The van der Waals surface area contributed by atoms with Crippen molar-refractivity contribution in [1.29, 1.82) is 0 Å². The maximum absolute atomic E-state index is 14.0. The third-order valence-electron chi connectivity index (χ3n) is 10.1. The number of aryl methyl sites for hydroxylation is 1. The highest BCUT2D eigenvalue weighted by molar-refractivity contribution is 6.31. The number of fused-ring (bicyclic) bond motifs is 4. The van der Waals surface area contributed by atoms with Gasteiger partial charge in [-0.05, 0) is 87.0 Å². The first-order valence-electron chi connectivity index (χ1n) is 20.7. The molecule has 0 saturated heterocycles. The molecule has 0 spiro atoms. The van der Waals surface area contributed by atoms with Gasteiger partial charge in [0.25, 0.3) is 6.47 Å². The van der Waals surface area contributed by atoms with E-state index in [4.69, 9.17) is 36.3 Å². The number of pyridine rings is 2. The summed E-state index contributed by atoms with van der Waals surface area (Å²) in [5.74, 6) is -3.11. The predicted molar refractivity (Wildman–Crippen MR) is 267 cm³/mol. The van der Waals surface area contributed by atoms with Gasteiger partial charge < -0.3 is 40.5 Å². The Bertz CT molecular complexity index is 3230. The molecule has 0 bridgehead atoms. The van der Waals surface area contributed by atoms with E-state index in [1.807, 2.05) is 63.2 Å². The number of nitrogens with two attached hydrogens (primary N) is 1. The number of rotatable bonds is 11. The number of nitrogens with one attached hydrogen (secondary N) is 2. The van der Waals surface area contributed by atoms with Crippen molar-refractivity contribution in [2.24, 2.45) is 0 Å². The van der Waals surface area contributed by atoms with Gasteiger partial charge in [0.15, 0.2) is 0 Å². The number of carbonyl (C=O) groups excluding carboxylic acids is 2. The van der Waals surface area contributed by atoms with Crippen LogP contribution in [-0.4, -0.2) is 58.8 Å². The van der Waals surface area contributed by atoms with Crippen LogP contribution >= 0.6 is 11.6 Å². The van der Waals surface area contributed by atoms with E-state index in [0.717, 1.165) is 16.5 Å². The van der Waals surface area contributed by atoms with Crippen molar-refractivity contribution in [2.45, 2.75) is 33.9 Å². The van der Waals surface area contributed by atoms with Crippen LogP contribution in [0.2, 0.25) is 5.02 Å². The number of nitrogens with zero attached hydrogens (tertiary/aromatic N) is 2. The SMILES string of the molecule is C=CC.C=CC.COC(=O)c1ccc2cccc(NCc3c(N)ccc4c(-c5cc(C(=O)O)ccc5C(=O)O)c5cc(Cl)c(=O)c(CNc6cccc7ccc(C)nc67)c-5oc34)c2n1.COC=O. The summed E-state index contributed by atoms with van der Waals surface area (Å²) in [6, 6.07) is 26.6. The molecule has 68 heavy (non-hydrogen) atoms. The van der Waals surface area contributed by atoms with Crippen molar-refractivity contribution in [3.8, 4) is 22.5 Å². The van der Waals surface area contributed by atoms with Crippen molar-refractivity contribution in [2.75, 3.05) is 30.6 Å². The van der Waals surface area contributed by atoms with Crippen LogP contribution in [0.25, 0.3) is 55.2 Å². The summed E-state index contributed by atoms with van der Waals surface area (Å²) in [4.78, 5) is 69.6. The third kappa shape index (κ3) is 11.1. The number of hydrogen-bond donors (Lipinski definition) is 5. The van der Waals surface area contributed by atoms with E-state index >= 15 is 0 Å². The average Bonchev–Trinajstić information content (AvgIpc) is 3.33. The van der Waals surface area contributed by atoms with E-state index < -0.39 is 23.3 Å². The lowest BCUT2D eigenvalue weighted by molar-refractivity contribution is -0.126. The van der Waals surface area contributed by atoms with Crippen LogP contribution in [0.5, 0.6) is 0 Å². The molecule has 2 aromatic heterocycles. The lowest BCUT2D eigenvalue weighted by atomic mass is 9.87. The maximum atomic E-state index is 14.0. The molecule has 15 nitrogen and oxygen atoms in total. The number of benzene rings is 5. The highest BCUT2D eigenvalue weighted by Crippen LogP contribution is 2.45. The van der Waals surface area contributed by atoms with Gasteiger partial charge in [0, 0.05) is 57.3 Å². The summed E-state index contributed by atoms with van der Waals surface area (Å²) in [6.07, 6.45) is 3.50. The third-order valence-corrected chi connectivity index (χ3v) is 10.3. The van der Waals surface area contributed by atoms with Crippen LogP contribution in [-0.2, 0) is 27.4 Å². The van der Waals surface area contributed by atoms with Gasteiger partial charge in [-0.1, -0.05) is 60.2 Å². The van der Waals surface area contributed by atoms with Crippen LogP contribution in [0.15, 0.2) is 132 Å². The maximum Gasteiger partial charge on any atom is 0.356 e. The molecular formula is C52H48ClN5O10. The van der Waals surface area contributed by atoms with Crippen molar-refractivity contribution in [1.82, 2.24) is 9.97 Å². The number of carboxylic acid groups (broad SMARTS) is 2. The monoisotopic (exact) mass is 937 g/mol. The Kier molecular flexibility index (Phi) is 17.1.